The molecule has 0 aromatic heterocycles. The smallest absolute Gasteiger partial charge is 0.335 e. The highest BCUT2D eigenvalue weighted by molar-refractivity contribution is 6.39. The quantitative estimate of drug-likeness (QED) is 0.249. The predicted octanol–water partition coefficient (Wildman–Crippen LogP) is 5.16. The second-order valence-electron chi connectivity index (χ2n) is 9.07. The Balaban J connectivity index is 1.72. The van der Waals surface area contributed by atoms with Crippen LogP contribution in [0.3, 0.4) is 0 Å². The molecule has 1 saturated heterocycles. The number of barbiturate groups is 1. The van der Waals surface area contributed by atoms with Gasteiger partial charge in [-0.25, -0.2) is 9.69 Å². The molecule has 1 aliphatic rings. The molecule has 8 nitrogen and oxygen atoms in total. The highest BCUT2D eigenvalue weighted by atomic mass is 16.5. The molecule has 1 N–H and O–H groups in total. The summed E-state index contributed by atoms with van der Waals surface area (Å²) in [5.74, 6) is -0.685. The minimum atomic E-state index is -0.807. The molecule has 1 heterocycles. The molecule has 196 valence electrons. The van der Waals surface area contributed by atoms with E-state index >= 15 is 0 Å². The zero-order chi connectivity index (χ0) is 28.1. The van der Waals surface area contributed by atoms with E-state index in [1.165, 1.54) is 13.2 Å². The van der Waals surface area contributed by atoms with Crippen LogP contribution in [0.5, 0.6) is 11.5 Å². The molecule has 0 aliphatic carbocycles. The third-order valence-corrected chi connectivity index (χ3v) is 6.13. The number of hydrogen-bond acceptors (Lipinski definition) is 6. The van der Waals surface area contributed by atoms with Crippen LogP contribution in [0.2, 0.25) is 0 Å². The molecule has 39 heavy (non-hydrogen) atoms. The van der Waals surface area contributed by atoms with Crippen LogP contribution in [-0.2, 0) is 22.6 Å². The van der Waals surface area contributed by atoms with Crippen molar-refractivity contribution in [3.8, 4) is 17.6 Å². The molecule has 1 fully saturated rings. The number of nitrogens with zero attached hydrogens (tertiary/aromatic N) is 2. The van der Waals surface area contributed by atoms with Crippen molar-refractivity contribution in [3.05, 3.63) is 106 Å². The zero-order valence-electron chi connectivity index (χ0n) is 21.9. The van der Waals surface area contributed by atoms with Gasteiger partial charge < -0.3 is 9.47 Å². The number of rotatable bonds is 8. The van der Waals surface area contributed by atoms with Gasteiger partial charge in [-0.15, -0.1) is 6.58 Å². The molecule has 3 aromatic rings. The maximum absolute atomic E-state index is 13.4. The molecule has 0 bridgehead atoms. The second-order valence-corrected chi connectivity index (χ2v) is 9.07. The summed E-state index contributed by atoms with van der Waals surface area (Å²) in [6, 6.07) is 17.2. The van der Waals surface area contributed by atoms with Gasteiger partial charge in [0.1, 0.15) is 12.2 Å². The Morgan fingerprint density at radius 1 is 1.03 bits per heavy atom. The number of urea groups is 1. The standard InChI is InChI=1S/C31H27N3O5/c1-5-8-22-14-21(16-27(38-4)28(22)39-18-24-10-7-6-9-23(24)17-32)15-26-29(35)33-31(37)34(30(26)36)25-12-19(2)11-20(3)13-25/h5-7,9-16H,1,8,18H2,2-4H3,(H,33,35,37)/b26-15+. The van der Waals surface area contributed by atoms with Gasteiger partial charge in [-0.2, -0.15) is 5.26 Å². The first-order valence-corrected chi connectivity index (χ1v) is 12.2. The summed E-state index contributed by atoms with van der Waals surface area (Å²) >= 11 is 0. The van der Waals surface area contributed by atoms with Gasteiger partial charge in [0, 0.05) is 11.1 Å². The van der Waals surface area contributed by atoms with Gasteiger partial charge in [0.15, 0.2) is 11.5 Å². The molecule has 4 amide bonds. The summed E-state index contributed by atoms with van der Waals surface area (Å²) < 4.78 is 11.7. The van der Waals surface area contributed by atoms with Crippen LogP contribution in [0.4, 0.5) is 10.5 Å². The Labute approximate surface area is 226 Å². The molecule has 0 atom stereocenters. The van der Waals surface area contributed by atoms with E-state index in [4.69, 9.17) is 9.47 Å². The third kappa shape index (κ3) is 5.73. The molecule has 0 unspecified atom stereocenters. The van der Waals surface area contributed by atoms with Crippen molar-refractivity contribution < 1.29 is 23.9 Å². The van der Waals surface area contributed by atoms with E-state index in [0.29, 0.717) is 40.3 Å². The number of aryl methyl sites for hydroxylation is 2. The van der Waals surface area contributed by atoms with Crippen molar-refractivity contribution in [2.75, 3.05) is 12.0 Å². The number of methoxy groups -OCH3 is 1. The fourth-order valence-corrected chi connectivity index (χ4v) is 4.43. The summed E-state index contributed by atoms with van der Waals surface area (Å²) in [5, 5.41) is 11.6. The van der Waals surface area contributed by atoms with Crippen molar-refractivity contribution in [1.82, 2.24) is 5.32 Å². The van der Waals surface area contributed by atoms with E-state index in [1.807, 2.05) is 32.0 Å². The Bertz CT molecular complexity index is 1540. The minimum absolute atomic E-state index is 0.137. The Hall–Kier alpha value is -5.16. The number of amides is 4. The summed E-state index contributed by atoms with van der Waals surface area (Å²) in [4.78, 5) is 39.7. The lowest BCUT2D eigenvalue weighted by Gasteiger charge is -2.27. The lowest BCUT2D eigenvalue weighted by molar-refractivity contribution is -0.122. The highest BCUT2D eigenvalue weighted by Crippen LogP contribution is 2.35. The van der Waals surface area contributed by atoms with Crippen molar-refractivity contribution in [2.45, 2.75) is 26.9 Å². The van der Waals surface area contributed by atoms with Gasteiger partial charge in [0.2, 0.25) is 0 Å². The van der Waals surface area contributed by atoms with Gasteiger partial charge >= 0.3 is 6.03 Å². The summed E-state index contributed by atoms with van der Waals surface area (Å²) in [6.45, 7) is 7.68. The van der Waals surface area contributed by atoms with Gasteiger partial charge in [-0.3, -0.25) is 14.9 Å². The average Bonchev–Trinajstić information content (AvgIpc) is 2.89. The topological polar surface area (TPSA) is 109 Å². The zero-order valence-corrected chi connectivity index (χ0v) is 21.9. The number of nitriles is 1. The number of carbonyl (C=O) groups excluding carboxylic acids is 3. The predicted molar refractivity (Wildman–Crippen MR) is 147 cm³/mol. The van der Waals surface area contributed by atoms with Crippen molar-refractivity contribution >= 4 is 29.6 Å². The Morgan fingerprint density at radius 2 is 1.74 bits per heavy atom. The van der Waals surface area contributed by atoms with E-state index in [-0.39, 0.29) is 12.2 Å². The maximum atomic E-state index is 13.4. The van der Waals surface area contributed by atoms with Gasteiger partial charge in [0.25, 0.3) is 11.8 Å². The van der Waals surface area contributed by atoms with Crippen LogP contribution in [-0.4, -0.2) is 25.0 Å². The monoisotopic (exact) mass is 521 g/mol. The molecule has 0 spiro atoms. The number of imide groups is 2. The number of nitrogens with one attached hydrogen (secondary N) is 1. The van der Waals surface area contributed by atoms with Crippen LogP contribution >= 0.6 is 0 Å². The maximum Gasteiger partial charge on any atom is 0.335 e. The molecule has 1 aliphatic heterocycles. The molecule has 4 rings (SSSR count). The van der Waals surface area contributed by atoms with Crippen LogP contribution < -0.4 is 19.7 Å². The van der Waals surface area contributed by atoms with Crippen LogP contribution in [0.15, 0.2) is 72.8 Å². The molecule has 0 saturated carbocycles. The molecular formula is C31H27N3O5. The largest absolute Gasteiger partial charge is 0.493 e. The van der Waals surface area contributed by atoms with Crippen molar-refractivity contribution in [3.63, 3.8) is 0 Å². The first-order chi connectivity index (χ1) is 18.7. The van der Waals surface area contributed by atoms with Crippen LogP contribution in [0.25, 0.3) is 6.08 Å². The summed E-state index contributed by atoms with van der Waals surface area (Å²) in [6.07, 6.45) is 3.53. The number of anilines is 1. The highest BCUT2D eigenvalue weighted by Gasteiger charge is 2.37. The molecule has 8 heteroatoms. The Kier molecular flexibility index (Phi) is 7.92. The van der Waals surface area contributed by atoms with Crippen molar-refractivity contribution in [2.24, 2.45) is 0 Å². The number of benzene rings is 3. The van der Waals surface area contributed by atoms with Crippen LogP contribution in [0, 0.1) is 25.2 Å². The molecule has 0 radical (unpaired) electrons. The first kappa shape index (κ1) is 26.9. The van der Waals surface area contributed by atoms with E-state index in [2.05, 4.69) is 18.0 Å². The number of ether oxygens (including phenoxy) is 2. The normalized spacial score (nSPS) is 14.2. The lowest BCUT2D eigenvalue weighted by Crippen LogP contribution is -2.54. The van der Waals surface area contributed by atoms with Crippen LogP contribution in [0.1, 0.15) is 33.4 Å². The number of allylic oxidation sites excluding steroid dienone is 1. The second kappa shape index (κ2) is 11.5. The number of hydrogen-bond donors (Lipinski definition) is 1. The third-order valence-electron chi connectivity index (χ3n) is 6.13. The van der Waals surface area contributed by atoms with E-state index in [9.17, 15) is 19.6 Å². The van der Waals surface area contributed by atoms with Gasteiger partial charge in [0.05, 0.1) is 24.4 Å². The SMILES string of the molecule is C=CCc1cc(/C=C2\C(=O)NC(=O)N(c3cc(C)cc(C)c3)C2=O)cc(OC)c1OCc1ccccc1C#N. The number of carbonyl (C=O) groups is 3. The summed E-state index contributed by atoms with van der Waals surface area (Å²) in [5.41, 5.74) is 4.36. The van der Waals surface area contributed by atoms with E-state index < -0.39 is 17.8 Å². The van der Waals surface area contributed by atoms with Crippen molar-refractivity contribution in [1.29, 1.82) is 5.26 Å². The average molecular weight is 522 g/mol. The minimum Gasteiger partial charge on any atom is -0.493 e. The first-order valence-electron chi connectivity index (χ1n) is 12.2. The van der Waals surface area contributed by atoms with E-state index in [0.717, 1.165) is 21.6 Å². The fourth-order valence-electron chi connectivity index (χ4n) is 4.43. The van der Waals surface area contributed by atoms with Gasteiger partial charge in [-0.05, 0) is 73.4 Å². The lowest BCUT2D eigenvalue weighted by atomic mass is 10.0. The summed E-state index contributed by atoms with van der Waals surface area (Å²) in [7, 11) is 1.49. The fraction of sp³-hybridized carbons (Fsp3) is 0.161. The van der Waals surface area contributed by atoms with Gasteiger partial charge in [-0.1, -0.05) is 30.3 Å². The molecular weight excluding hydrogens is 494 g/mol. The molecule has 3 aromatic carbocycles. The Morgan fingerprint density at radius 3 is 2.41 bits per heavy atom. The van der Waals surface area contributed by atoms with E-state index in [1.54, 1.807) is 42.5 Å².